The molecule has 0 unspecified atom stereocenters. The predicted octanol–water partition coefficient (Wildman–Crippen LogP) is -13.2. The Morgan fingerprint density at radius 2 is 0.833 bits per heavy atom. The van der Waals surface area contributed by atoms with Gasteiger partial charge in [0.1, 0.15) is 0 Å². The average molecular weight is 276 g/mol. The molecule has 2 N–H and O–H groups in total. The van der Waals surface area contributed by atoms with Crippen LogP contribution >= 0.6 is 0 Å². The minimum absolute atomic E-state index is 0. The van der Waals surface area contributed by atoms with Gasteiger partial charge in [-0.25, -0.2) is 0 Å². The van der Waals surface area contributed by atoms with E-state index in [-0.39, 0.29) is 119 Å². The first-order chi connectivity index (χ1) is 0. The van der Waals surface area contributed by atoms with E-state index >= 15 is 0 Å². The molecule has 0 spiro atoms. The van der Waals surface area contributed by atoms with Crippen LogP contribution < -0.4 is 75.9 Å². The van der Waals surface area contributed by atoms with Crippen LogP contribution in [-0.4, -0.2) is 43.2 Å². The molecule has 0 aromatic rings. The Bertz CT molecular complexity index is 13.5. The predicted molar refractivity (Wildman–Crippen MR) is 9.37 cm³/mol. The van der Waals surface area contributed by atoms with Crippen molar-refractivity contribution in [2.75, 3.05) is 0 Å². The minimum atomic E-state index is 0. The second-order valence-corrected chi connectivity index (χ2v) is 0. The summed E-state index contributed by atoms with van der Waals surface area (Å²) >= 11 is 0. The number of hydrogen-bond donors (Lipinski definition) is 0. The Labute approximate surface area is 117 Å². The Kier molecular flexibility index (Phi) is 369. The summed E-state index contributed by atoms with van der Waals surface area (Å²) in [7, 11) is 0. The fourth-order valence-electron chi connectivity index (χ4n) is 0. The Balaban J connectivity index is 0. The third-order valence-electron chi connectivity index (χ3n) is 0. The van der Waals surface area contributed by atoms with Crippen molar-refractivity contribution in [3.05, 3.63) is 0 Å². The van der Waals surface area contributed by atoms with Crippen LogP contribution in [0.2, 0.25) is 0 Å². The summed E-state index contributed by atoms with van der Waals surface area (Å²) < 4.78 is 0. The van der Waals surface area contributed by atoms with Crippen molar-refractivity contribution in [2.45, 2.75) is 0 Å². The van der Waals surface area contributed by atoms with Gasteiger partial charge in [0.05, 0.1) is 0 Å². The van der Waals surface area contributed by atoms with Crippen molar-refractivity contribution in [3.63, 3.8) is 0 Å². The van der Waals surface area contributed by atoms with E-state index in [0.717, 1.165) is 0 Å². The molecule has 0 rings (SSSR count). The van der Waals surface area contributed by atoms with Crippen molar-refractivity contribution in [1.82, 2.24) is 0 Å². The van der Waals surface area contributed by atoms with Crippen LogP contribution in [0.1, 0.15) is 0 Å². The van der Waals surface area contributed by atoms with Crippen LogP contribution in [0.5, 0.6) is 0 Å². The molecule has 0 aliphatic heterocycles. The van der Waals surface area contributed by atoms with Crippen molar-refractivity contribution in [1.29, 1.82) is 0 Å². The van der Waals surface area contributed by atoms with E-state index in [2.05, 4.69) is 0 Å². The zero-order valence-corrected chi connectivity index (χ0v) is 11.5. The molecule has 0 aliphatic carbocycles. The molecule has 0 aromatic carbocycles. The van der Waals surface area contributed by atoms with Gasteiger partial charge in [-0.3, -0.25) is 0 Å². The van der Waals surface area contributed by atoms with Crippen LogP contribution in [0.25, 0.3) is 0 Å². The van der Waals surface area contributed by atoms with E-state index in [0.29, 0.717) is 0 Å². The second-order valence-electron chi connectivity index (χ2n) is 0. The smallest absolute Gasteiger partial charge is 1.00 e. The van der Waals surface area contributed by atoms with Gasteiger partial charge in [0.25, 0.3) is 0 Å². The molecule has 0 saturated carbocycles. The SMILES string of the molecule is O.[Br-].[Br-].[Ca+2].[Cl-].[Na+]. The Morgan fingerprint density at radius 1 is 0.833 bits per heavy atom. The monoisotopic (exact) mass is 274 g/mol. The van der Waals surface area contributed by atoms with Crippen molar-refractivity contribution in [3.8, 4) is 0 Å². The molecule has 0 atom stereocenters. The average Bonchev–Trinajstić information content (AvgIpc) is 0. The van der Waals surface area contributed by atoms with E-state index in [1.807, 2.05) is 0 Å². The number of hydrogen-bond acceptors (Lipinski definition) is 0. The quantitative estimate of drug-likeness (QED) is 0.394. The van der Waals surface area contributed by atoms with E-state index in [9.17, 15) is 0 Å². The Hall–Kier alpha value is 3.47. The molecule has 6 heavy (non-hydrogen) atoms. The molecule has 0 amide bonds. The van der Waals surface area contributed by atoms with Gasteiger partial charge < -0.3 is 51.8 Å². The molecule has 0 aromatic heterocycles. The summed E-state index contributed by atoms with van der Waals surface area (Å²) in [5.74, 6) is 0. The summed E-state index contributed by atoms with van der Waals surface area (Å²) in [6.45, 7) is 0. The summed E-state index contributed by atoms with van der Waals surface area (Å²) in [5.41, 5.74) is 0. The van der Waals surface area contributed by atoms with E-state index < -0.39 is 0 Å². The van der Waals surface area contributed by atoms with Gasteiger partial charge in [-0.2, -0.15) is 0 Å². The molecule has 0 heterocycles. The largest absolute Gasteiger partial charge is 2.00 e. The molecular formula is H2Br2CaClNaO. The first kappa shape index (κ1) is 56.4. The fourth-order valence-corrected chi connectivity index (χ4v) is 0. The fraction of sp³-hybridized carbons (Fsp3) is 0. The van der Waals surface area contributed by atoms with E-state index in [1.165, 1.54) is 0 Å². The third kappa shape index (κ3) is 26.0. The van der Waals surface area contributed by atoms with Crippen LogP contribution in [0, 0.1) is 0 Å². The molecule has 1 nitrogen and oxygen atoms in total. The van der Waals surface area contributed by atoms with Crippen LogP contribution in [-0.2, 0) is 0 Å². The molecule has 0 bridgehead atoms. The maximum Gasteiger partial charge on any atom is 2.00 e. The molecule has 6 heteroatoms. The van der Waals surface area contributed by atoms with Gasteiger partial charge in [0.15, 0.2) is 0 Å². The first-order valence-corrected chi connectivity index (χ1v) is 0. The van der Waals surface area contributed by atoms with E-state index in [4.69, 9.17) is 0 Å². The first-order valence-electron chi connectivity index (χ1n) is 0. The maximum absolute atomic E-state index is 0. The standard InChI is InChI=1S/2BrH.Ca.ClH.Na.H2O/h2*1H;;1H;;1H2/q;;+2;;+1;/p-3. The van der Waals surface area contributed by atoms with Crippen LogP contribution in [0.15, 0.2) is 0 Å². The molecule has 0 fully saturated rings. The summed E-state index contributed by atoms with van der Waals surface area (Å²) in [5, 5.41) is 0. The minimum Gasteiger partial charge on any atom is -1.00 e. The zero-order valence-electron chi connectivity index (χ0n) is 3.34. The van der Waals surface area contributed by atoms with Gasteiger partial charge in [-0.05, 0) is 0 Å². The van der Waals surface area contributed by atoms with Gasteiger partial charge in [0.2, 0.25) is 0 Å². The summed E-state index contributed by atoms with van der Waals surface area (Å²) in [6, 6.07) is 0. The second kappa shape index (κ2) is 39.3. The van der Waals surface area contributed by atoms with Crippen molar-refractivity contribution < 1.29 is 81.4 Å². The topological polar surface area (TPSA) is 31.5 Å². The van der Waals surface area contributed by atoms with Crippen molar-refractivity contribution in [2.24, 2.45) is 0 Å². The summed E-state index contributed by atoms with van der Waals surface area (Å²) in [4.78, 5) is 0. The summed E-state index contributed by atoms with van der Waals surface area (Å²) in [6.07, 6.45) is 0. The van der Waals surface area contributed by atoms with Crippen LogP contribution in [0.3, 0.4) is 0 Å². The van der Waals surface area contributed by atoms with E-state index in [1.54, 1.807) is 0 Å². The zero-order chi connectivity index (χ0) is 0. The maximum atomic E-state index is 0. The van der Waals surface area contributed by atoms with Gasteiger partial charge in [-0.1, -0.05) is 0 Å². The molecule has 32 valence electrons. The Morgan fingerprint density at radius 3 is 0.833 bits per heavy atom. The number of rotatable bonds is 0. The van der Waals surface area contributed by atoms with Gasteiger partial charge >= 0.3 is 67.3 Å². The molecule has 0 aliphatic rings. The van der Waals surface area contributed by atoms with Gasteiger partial charge in [0, 0.05) is 0 Å². The number of halogens is 3. The third-order valence-corrected chi connectivity index (χ3v) is 0. The molecule has 0 radical (unpaired) electrons. The normalized spacial score (nSPS) is 0. The molecular weight excluding hydrogens is 274 g/mol. The van der Waals surface area contributed by atoms with Crippen LogP contribution in [0.4, 0.5) is 0 Å². The molecule has 0 saturated heterocycles. The van der Waals surface area contributed by atoms with Crippen molar-refractivity contribution >= 4 is 37.7 Å². The van der Waals surface area contributed by atoms with Gasteiger partial charge in [-0.15, -0.1) is 0 Å².